The number of aliphatic imine (C=N–C) groups is 1. The summed E-state index contributed by atoms with van der Waals surface area (Å²) >= 11 is 0. The van der Waals surface area contributed by atoms with Crippen molar-refractivity contribution in [3.63, 3.8) is 0 Å². The van der Waals surface area contributed by atoms with Gasteiger partial charge in [-0.05, 0) is 67.3 Å². The first-order chi connectivity index (χ1) is 19.5. The molecule has 0 bridgehead atoms. The molecular formula is C33H37FN6. The van der Waals surface area contributed by atoms with Gasteiger partial charge in [-0.15, -0.1) is 0 Å². The highest BCUT2D eigenvalue weighted by Gasteiger charge is 2.21. The lowest BCUT2D eigenvalue weighted by atomic mass is 10.0. The third-order valence-corrected chi connectivity index (χ3v) is 7.96. The first kappa shape index (κ1) is 27.7. The standard InChI is InChI=1S/C33H37FN6/c1-25(37-32-13-15-38(16-14-32)23-28-5-3-27(21-35)4-6-28)33-12-9-30(22-36-33)26(2)40-19-17-39(18-20-40)24-29-7-10-31(34)11-8-29/h3-12,22,32H,2,13-20,23-24H2,1H3. The molecule has 3 heterocycles. The van der Waals surface area contributed by atoms with Crippen LogP contribution in [-0.2, 0) is 13.1 Å². The van der Waals surface area contributed by atoms with E-state index < -0.39 is 0 Å². The number of piperidine rings is 1. The second-order valence-corrected chi connectivity index (χ2v) is 10.8. The number of benzene rings is 2. The first-order valence-corrected chi connectivity index (χ1v) is 14.1. The van der Waals surface area contributed by atoms with Crippen molar-refractivity contribution in [1.82, 2.24) is 19.7 Å². The summed E-state index contributed by atoms with van der Waals surface area (Å²) in [6, 6.07) is 21.3. The minimum absolute atomic E-state index is 0.191. The lowest BCUT2D eigenvalue weighted by Crippen LogP contribution is -2.44. The highest BCUT2D eigenvalue weighted by molar-refractivity contribution is 5.97. The Hall–Kier alpha value is -3.86. The molecule has 7 heteroatoms. The van der Waals surface area contributed by atoms with Crippen molar-refractivity contribution in [2.75, 3.05) is 39.3 Å². The van der Waals surface area contributed by atoms with Gasteiger partial charge in [0, 0.05) is 69.8 Å². The maximum atomic E-state index is 13.2. The minimum Gasteiger partial charge on any atom is -0.369 e. The molecule has 0 atom stereocenters. The molecular weight excluding hydrogens is 499 g/mol. The molecule has 2 aliphatic heterocycles. The third-order valence-electron chi connectivity index (χ3n) is 7.96. The van der Waals surface area contributed by atoms with Crippen molar-refractivity contribution in [3.05, 3.63) is 107 Å². The molecule has 2 aliphatic rings. The molecule has 1 aromatic heterocycles. The molecule has 206 valence electrons. The van der Waals surface area contributed by atoms with E-state index in [1.54, 1.807) is 0 Å². The molecule has 40 heavy (non-hydrogen) atoms. The van der Waals surface area contributed by atoms with Crippen molar-refractivity contribution in [3.8, 4) is 6.07 Å². The van der Waals surface area contributed by atoms with Gasteiger partial charge < -0.3 is 4.90 Å². The number of nitrogens with zero attached hydrogens (tertiary/aromatic N) is 6. The summed E-state index contributed by atoms with van der Waals surface area (Å²) in [5, 5.41) is 8.99. The molecule has 2 fully saturated rings. The number of pyridine rings is 1. The molecule has 0 radical (unpaired) electrons. The quantitative estimate of drug-likeness (QED) is 0.363. The summed E-state index contributed by atoms with van der Waals surface area (Å²) in [5.41, 5.74) is 7.03. The maximum Gasteiger partial charge on any atom is 0.123 e. The Morgan fingerprint density at radius 2 is 1.50 bits per heavy atom. The van der Waals surface area contributed by atoms with E-state index in [1.807, 2.05) is 42.6 Å². The fourth-order valence-electron chi connectivity index (χ4n) is 5.47. The first-order valence-electron chi connectivity index (χ1n) is 14.1. The second kappa shape index (κ2) is 13.0. The normalized spacial score (nSPS) is 17.5. The highest BCUT2D eigenvalue weighted by Crippen LogP contribution is 2.21. The van der Waals surface area contributed by atoms with Gasteiger partial charge >= 0.3 is 0 Å². The van der Waals surface area contributed by atoms with Crippen LogP contribution in [0.3, 0.4) is 0 Å². The number of nitriles is 1. The van der Waals surface area contributed by atoms with Crippen LogP contribution < -0.4 is 0 Å². The van der Waals surface area contributed by atoms with E-state index in [0.717, 1.165) is 93.4 Å². The molecule has 6 nitrogen and oxygen atoms in total. The van der Waals surface area contributed by atoms with Gasteiger partial charge in [0.1, 0.15) is 5.82 Å². The van der Waals surface area contributed by atoms with Crippen LogP contribution in [0, 0.1) is 17.1 Å². The Morgan fingerprint density at radius 1 is 0.900 bits per heavy atom. The van der Waals surface area contributed by atoms with E-state index in [0.29, 0.717) is 11.6 Å². The Morgan fingerprint density at radius 3 is 2.08 bits per heavy atom. The lowest BCUT2D eigenvalue weighted by Gasteiger charge is -2.37. The fourth-order valence-corrected chi connectivity index (χ4v) is 5.47. The van der Waals surface area contributed by atoms with Crippen LogP contribution in [0.2, 0.25) is 0 Å². The molecule has 0 amide bonds. The predicted octanol–water partition coefficient (Wildman–Crippen LogP) is 5.35. The molecule has 2 aromatic carbocycles. The highest BCUT2D eigenvalue weighted by atomic mass is 19.1. The summed E-state index contributed by atoms with van der Waals surface area (Å²) in [6.07, 6.45) is 3.99. The summed E-state index contributed by atoms with van der Waals surface area (Å²) in [6.45, 7) is 13.9. The van der Waals surface area contributed by atoms with E-state index in [1.165, 1.54) is 17.7 Å². The predicted molar refractivity (Wildman–Crippen MR) is 158 cm³/mol. The minimum atomic E-state index is -0.191. The van der Waals surface area contributed by atoms with Gasteiger partial charge in [0.05, 0.1) is 29.1 Å². The molecule has 0 saturated carbocycles. The molecule has 0 spiro atoms. The topological polar surface area (TPSA) is 58.8 Å². The molecule has 0 aliphatic carbocycles. The van der Waals surface area contributed by atoms with Crippen molar-refractivity contribution in [2.24, 2.45) is 4.99 Å². The zero-order valence-electron chi connectivity index (χ0n) is 23.3. The number of hydrogen-bond acceptors (Lipinski definition) is 6. The summed E-state index contributed by atoms with van der Waals surface area (Å²) < 4.78 is 13.2. The van der Waals surface area contributed by atoms with E-state index >= 15 is 0 Å². The third kappa shape index (κ3) is 7.20. The number of piperazine rings is 1. The Kier molecular flexibility index (Phi) is 9.00. The summed E-state index contributed by atoms with van der Waals surface area (Å²) in [4.78, 5) is 16.9. The van der Waals surface area contributed by atoms with Crippen molar-refractivity contribution < 1.29 is 4.39 Å². The van der Waals surface area contributed by atoms with Gasteiger partial charge in [-0.1, -0.05) is 30.8 Å². The van der Waals surface area contributed by atoms with Crippen LogP contribution in [0.25, 0.3) is 5.70 Å². The lowest BCUT2D eigenvalue weighted by molar-refractivity contribution is 0.169. The van der Waals surface area contributed by atoms with E-state index in [-0.39, 0.29) is 5.82 Å². The number of halogens is 1. The Balaban J connectivity index is 1.08. The van der Waals surface area contributed by atoms with Crippen LogP contribution in [0.4, 0.5) is 4.39 Å². The van der Waals surface area contributed by atoms with Crippen LogP contribution in [0.1, 0.15) is 47.7 Å². The van der Waals surface area contributed by atoms with E-state index in [4.69, 9.17) is 15.2 Å². The summed E-state index contributed by atoms with van der Waals surface area (Å²) in [5.74, 6) is -0.191. The number of rotatable bonds is 8. The molecule has 0 unspecified atom stereocenters. The van der Waals surface area contributed by atoms with E-state index in [2.05, 4.69) is 46.4 Å². The average Bonchev–Trinajstić information content (AvgIpc) is 3.00. The molecule has 0 N–H and O–H groups in total. The van der Waals surface area contributed by atoms with Crippen LogP contribution in [0.5, 0.6) is 0 Å². The number of hydrogen-bond donors (Lipinski definition) is 0. The van der Waals surface area contributed by atoms with Gasteiger partial charge in [0.25, 0.3) is 0 Å². The second-order valence-electron chi connectivity index (χ2n) is 10.8. The van der Waals surface area contributed by atoms with E-state index in [9.17, 15) is 4.39 Å². The Bertz CT molecular complexity index is 1340. The van der Waals surface area contributed by atoms with Gasteiger partial charge in [0.2, 0.25) is 0 Å². The fraction of sp³-hybridized carbons (Fsp3) is 0.364. The number of aromatic nitrogens is 1. The molecule has 3 aromatic rings. The van der Waals surface area contributed by atoms with Crippen molar-refractivity contribution in [1.29, 1.82) is 5.26 Å². The monoisotopic (exact) mass is 536 g/mol. The largest absolute Gasteiger partial charge is 0.369 e. The molecule has 5 rings (SSSR count). The van der Waals surface area contributed by atoms with Gasteiger partial charge in [-0.3, -0.25) is 19.8 Å². The zero-order chi connectivity index (χ0) is 27.9. The maximum absolute atomic E-state index is 13.2. The van der Waals surface area contributed by atoms with Crippen LogP contribution >= 0.6 is 0 Å². The Labute approximate surface area is 237 Å². The average molecular weight is 537 g/mol. The smallest absolute Gasteiger partial charge is 0.123 e. The number of likely N-dealkylation sites (tertiary alicyclic amines) is 1. The van der Waals surface area contributed by atoms with Crippen LogP contribution in [0.15, 0.2) is 78.4 Å². The summed E-state index contributed by atoms with van der Waals surface area (Å²) in [7, 11) is 0. The van der Waals surface area contributed by atoms with Crippen molar-refractivity contribution >= 4 is 11.4 Å². The zero-order valence-corrected chi connectivity index (χ0v) is 23.3. The van der Waals surface area contributed by atoms with Gasteiger partial charge in [-0.25, -0.2) is 4.39 Å². The van der Waals surface area contributed by atoms with Gasteiger partial charge in [0.15, 0.2) is 0 Å². The van der Waals surface area contributed by atoms with Crippen LogP contribution in [-0.4, -0.2) is 70.7 Å². The molecule has 2 saturated heterocycles. The SMILES string of the molecule is C=C(c1ccc(C(C)=NC2CCN(Cc3ccc(C#N)cc3)CC2)nc1)N1CCN(Cc2ccc(F)cc2)CC1. The van der Waals surface area contributed by atoms with Gasteiger partial charge in [-0.2, -0.15) is 5.26 Å². The van der Waals surface area contributed by atoms with Crippen molar-refractivity contribution in [2.45, 2.75) is 38.9 Å².